The molecule has 0 spiro atoms. The lowest BCUT2D eigenvalue weighted by molar-refractivity contribution is 0.400. The van der Waals surface area contributed by atoms with Gasteiger partial charge in [0.1, 0.15) is 10.7 Å². The fourth-order valence-corrected chi connectivity index (χ4v) is 3.94. The van der Waals surface area contributed by atoms with Gasteiger partial charge in [0.25, 0.3) is 10.0 Å². The largest absolute Gasteiger partial charge is 0.360 e. The molecule has 0 fully saturated rings. The zero-order valence-corrected chi connectivity index (χ0v) is 14.7. The van der Waals surface area contributed by atoms with Crippen molar-refractivity contribution in [3.63, 3.8) is 0 Å². The highest BCUT2D eigenvalue weighted by molar-refractivity contribution is 7.92. The van der Waals surface area contributed by atoms with E-state index in [1.165, 1.54) is 6.07 Å². The molecule has 0 atom stereocenters. The molecule has 7 nitrogen and oxygen atoms in total. The standard InChI is InChI=1S/C16H18N4O3S/c1-10-5-7-14(8-6-10)20-13(4)16(12(3)17-20)24(21,22)19-15-9-11(2)23-18-15/h5-9H,1-4H3,(H,18,19). The van der Waals surface area contributed by atoms with Crippen molar-refractivity contribution in [3.05, 3.63) is 53.0 Å². The van der Waals surface area contributed by atoms with Crippen LogP contribution in [0.2, 0.25) is 0 Å². The van der Waals surface area contributed by atoms with Crippen molar-refractivity contribution < 1.29 is 12.9 Å². The third-order valence-corrected chi connectivity index (χ3v) is 5.25. The van der Waals surface area contributed by atoms with E-state index in [0.717, 1.165) is 11.3 Å². The number of hydrogen-bond donors (Lipinski definition) is 1. The summed E-state index contributed by atoms with van der Waals surface area (Å²) in [5, 5.41) is 8.04. The van der Waals surface area contributed by atoms with Gasteiger partial charge in [-0.15, -0.1) is 0 Å². The Labute approximate surface area is 140 Å². The number of anilines is 1. The number of aryl methyl sites for hydroxylation is 3. The van der Waals surface area contributed by atoms with Gasteiger partial charge in [0.05, 0.1) is 17.1 Å². The Morgan fingerprint density at radius 1 is 1.08 bits per heavy atom. The first kappa shape index (κ1) is 16.3. The van der Waals surface area contributed by atoms with Crippen LogP contribution in [0.15, 0.2) is 39.8 Å². The summed E-state index contributed by atoms with van der Waals surface area (Å²) in [4.78, 5) is 0.142. The number of hydrogen-bond acceptors (Lipinski definition) is 5. The summed E-state index contributed by atoms with van der Waals surface area (Å²) >= 11 is 0. The maximum Gasteiger partial charge on any atom is 0.266 e. The molecule has 2 heterocycles. The molecule has 0 radical (unpaired) electrons. The van der Waals surface area contributed by atoms with E-state index >= 15 is 0 Å². The second kappa shape index (κ2) is 5.79. The molecule has 0 aliphatic rings. The number of sulfonamides is 1. The van der Waals surface area contributed by atoms with Crippen LogP contribution in [0.25, 0.3) is 5.69 Å². The Kier molecular flexibility index (Phi) is 3.92. The van der Waals surface area contributed by atoms with Crippen molar-refractivity contribution in [1.82, 2.24) is 14.9 Å². The third kappa shape index (κ3) is 2.92. The Bertz CT molecular complexity index is 985. The van der Waals surface area contributed by atoms with E-state index in [1.54, 1.807) is 25.5 Å². The Morgan fingerprint density at radius 2 is 1.75 bits per heavy atom. The van der Waals surface area contributed by atoms with Crippen LogP contribution in [-0.4, -0.2) is 23.4 Å². The van der Waals surface area contributed by atoms with E-state index in [2.05, 4.69) is 15.0 Å². The van der Waals surface area contributed by atoms with Crippen molar-refractivity contribution in [1.29, 1.82) is 0 Å². The first-order valence-electron chi connectivity index (χ1n) is 7.37. The van der Waals surface area contributed by atoms with Crippen molar-refractivity contribution in [3.8, 4) is 5.69 Å². The van der Waals surface area contributed by atoms with Gasteiger partial charge in [-0.3, -0.25) is 4.72 Å². The Morgan fingerprint density at radius 3 is 2.33 bits per heavy atom. The zero-order chi connectivity index (χ0) is 17.5. The molecular formula is C16H18N4O3S. The highest BCUT2D eigenvalue weighted by Crippen LogP contribution is 2.25. The molecule has 1 aromatic carbocycles. The number of rotatable bonds is 4. The molecule has 0 bridgehead atoms. The monoisotopic (exact) mass is 346 g/mol. The Balaban J connectivity index is 2.03. The summed E-state index contributed by atoms with van der Waals surface area (Å²) in [7, 11) is -3.81. The molecule has 126 valence electrons. The number of aromatic nitrogens is 3. The van der Waals surface area contributed by atoms with Gasteiger partial charge >= 0.3 is 0 Å². The van der Waals surface area contributed by atoms with Crippen LogP contribution in [0.3, 0.4) is 0 Å². The minimum Gasteiger partial charge on any atom is -0.360 e. The van der Waals surface area contributed by atoms with Crippen LogP contribution in [0.4, 0.5) is 5.82 Å². The first-order valence-corrected chi connectivity index (χ1v) is 8.85. The van der Waals surface area contributed by atoms with E-state index in [9.17, 15) is 8.42 Å². The fraction of sp³-hybridized carbons (Fsp3) is 0.250. The van der Waals surface area contributed by atoms with Gasteiger partial charge in [0, 0.05) is 6.07 Å². The smallest absolute Gasteiger partial charge is 0.266 e. The predicted molar refractivity (Wildman–Crippen MR) is 89.8 cm³/mol. The minimum atomic E-state index is -3.81. The lowest BCUT2D eigenvalue weighted by atomic mass is 10.2. The van der Waals surface area contributed by atoms with Crippen molar-refractivity contribution in [2.24, 2.45) is 0 Å². The maximum atomic E-state index is 12.7. The summed E-state index contributed by atoms with van der Waals surface area (Å²) in [6.45, 7) is 7.07. The van der Waals surface area contributed by atoms with E-state index in [-0.39, 0.29) is 10.7 Å². The van der Waals surface area contributed by atoms with Crippen LogP contribution in [-0.2, 0) is 10.0 Å². The molecule has 0 aliphatic carbocycles. The third-order valence-electron chi connectivity index (χ3n) is 3.64. The summed E-state index contributed by atoms with van der Waals surface area (Å²) in [6.07, 6.45) is 0. The lowest BCUT2D eigenvalue weighted by Gasteiger charge is -2.07. The van der Waals surface area contributed by atoms with Gasteiger partial charge in [0.15, 0.2) is 5.82 Å². The van der Waals surface area contributed by atoms with Crippen LogP contribution in [0.5, 0.6) is 0 Å². The quantitative estimate of drug-likeness (QED) is 0.784. The van der Waals surface area contributed by atoms with Crippen molar-refractivity contribution >= 4 is 15.8 Å². The summed E-state index contributed by atoms with van der Waals surface area (Å²) < 4.78 is 34.4. The van der Waals surface area contributed by atoms with E-state index in [0.29, 0.717) is 17.1 Å². The van der Waals surface area contributed by atoms with Gasteiger partial charge in [-0.25, -0.2) is 13.1 Å². The second-order valence-electron chi connectivity index (χ2n) is 5.68. The number of nitrogens with one attached hydrogen (secondary N) is 1. The molecular weight excluding hydrogens is 328 g/mol. The van der Waals surface area contributed by atoms with Crippen LogP contribution < -0.4 is 4.72 Å². The first-order chi connectivity index (χ1) is 11.3. The maximum absolute atomic E-state index is 12.7. The topological polar surface area (TPSA) is 90.0 Å². The predicted octanol–water partition coefficient (Wildman–Crippen LogP) is 2.89. The molecule has 0 amide bonds. The van der Waals surface area contributed by atoms with Crippen molar-refractivity contribution in [2.45, 2.75) is 32.6 Å². The van der Waals surface area contributed by atoms with Crippen molar-refractivity contribution in [2.75, 3.05) is 4.72 Å². The van der Waals surface area contributed by atoms with Crippen LogP contribution >= 0.6 is 0 Å². The molecule has 1 N–H and O–H groups in total. The van der Waals surface area contributed by atoms with Gasteiger partial charge in [0.2, 0.25) is 0 Å². The highest BCUT2D eigenvalue weighted by atomic mass is 32.2. The zero-order valence-electron chi connectivity index (χ0n) is 13.9. The molecule has 3 aromatic rings. The average Bonchev–Trinajstić information content (AvgIpc) is 3.02. The molecule has 0 unspecified atom stereocenters. The lowest BCUT2D eigenvalue weighted by Crippen LogP contribution is -2.15. The molecule has 0 saturated heterocycles. The number of benzene rings is 1. The molecule has 0 aliphatic heterocycles. The Hall–Kier alpha value is -2.61. The van der Waals surface area contributed by atoms with Gasteiger partial charge < -0.3 is 4.52 Å². The summed E-state index contributed by atoms with van der Waals surface area (Å²) in [5.74, 6) is 0.672. The number of nitrogens with zero attached hydrogens (tertiary/aromatic N) is 3. The average molecular weight is 346 g/mol. The molecule has 2 aromatic heterocycles. The summed E-state index contributed by atoms with van der Waals surface area (Å²) in [6, 6.07) is 9.23. The summed E-state index contributed by atoms with van der Waals surface area (Å²) in [5.41, 5.74) is 2.88. The van der Waals surface area contributed by atoms with Gasteiger partial charge in [-0.1, -0.05) is 22.9 Å². The highest BCUT2D eigenvalue weighted by Gasteiger charge is 2.26. The molecule has 0 saturated carbocycles. The van der Waals surface area contributed by atoms with E-state index in [4.69, 9.17) is 4.52 Å². The van der Waals surface area contributed by atoms with Gasteiger partial charge in [-0.2, -0.15) is 5.10 Å². The molecule has 24 heavy (non-hydrogen) atoms. The minimum absolute atomic E-state index is 0.142. The molecule has 8 heteroatoms. The normalized spacial score (nSPS) is 11.7. The van der Waals surface area contributed by atoms with E-state index in [1.807, 2.05) is 31.2 Å². The van der Waals surface area contributed by atoms with Crippen LogP contribution in [0, 0.1) is 27.7 Å². The van der Waals surface area contributed by atoms with E-state index < -0.39 is 10.0 Å². The van der Waals surface area contributed by atoms with Gasteiger partial charge in [-0.05, 0) is 39.8 Å². The SMILES string of the molecule is Cc1ccc(-n2nc(C)c(S(=O)(=O)Nc3cc(C)on3)c2C)cc1. The van der Waals surface area contributed by atoms with Crippen LogP contribution in [0.1, 0.15) is 22.7 Å². The fourth-order valence-electron chi connectivity index (χ4n) is 2.56. The molecule has 3 rings (SSSR count). The second-order valence-corrected chi connectivity index (χ2v) is 7.29.